The number of halogens is 1. The van der Waals surface area contributed by atoms with Gasteiger partial charge in [0.2, 0.25) is 0 Å². The molecule has 3 rings (SSSR count). The highest BCUT2D eigenvalue weighted by molar-refractivity contribution is 7.84. The van der Waals surface area contributed by atoms with Crippen LogP contribution in [0.5, 0.6) is 0 Å². The fourth-order valence-electron chi connectivity index (χ4n) is 2.54. The average Bonchev–Trinajstić information content (AvgIpc) is 2.75. The van der Waals surface area contributed by atoms with E-state index in [4.69, 9.17) is 0 Å². The fourth-order valence-corrected chi connectivity index (χ4v) is 3.06. The van der Waals surface area contributed by atoms with Crippen molar-refractivity contribution in [1.82, 2.24) is 0 Å². The van der Waals surface area contributed by atoms with Crippen LogP contribution in [-0.2, 0) is 10.8 Å². The summed E-state index contributed by atoms with van der Waals surface area (Å²) in [6, 6.07) is 12.5. The van der Waals surface area contributed by atoms with Crippen molar-refractivity contribution in [2.45, 2.75) is 11.8 Å². The van der Waals surface area contributed by atoms with Crippen molar-refractivity contribution in [3.05, 3.63) is 70.5 Å². The first-order valence-electron chi connectivity index (χ1n) is 6.68. The van der Waals surface area contributed by atoms with Crippen molar-refractivity contribution in [3.8, 4) is 0 Å². The molecular weight excluding hydrogens is 283 g/mol. The molecule has 0 aliphatic heterocycles. The SMILES string of the molecule is CC1=Cc2cc(F)ccc2C1=Cc1ccc(S(C)=O)cc1. The molecule has 0 saturated heterocycles. The van der Waals surface area contributed by atoms with E-state index < -0.39 is 10.8 Å². The lowest BCUT2D eigenvalue weighted by Gasteiger charge is -2.05. The molecule has 0 heterocycles. The molecule has 1 nitrogen and oxygen atoms in total. The van der Waals surface area contributed by atoms with Gasteiger partial charge < -0.3 is 0 Å². The maximum Gasteiger partial charge on any atom is 0.123 e. The summed E-state index contributed by atoms with van der Waals surface area (Å²) < 4.78 is 24.7. The predicted molar refractivity (Wildman–Crippen MR) is 86.7 cm³/mol. The number of allylic oxidation sites excluding steroid dienone is 2. The monoisotopic (exact) mass is 298 g/mol. The summed E-state index contributed by atoms with van der Waals surface area (Å²) in [5.41, 5.74) is 5.25. The predicted octanol–water partition coefficient (Wildman–Crippen LogP) is 4.52. The van der Waals surface area contributed by atoms with E-state index in [-0.39, 0.29) is 5.82 Å². The van der Waals surface area contributed by atoms with Gasteiger partial charge in [0.05, 0.1) is 0 Å². The van der Waals surface area contributed by atoms with Crippen LogP contribution in [-0.4, -0.2) is 10.5 Å². The molecule has 1 unspecified atom stereocenters. The summed E-state index contributed by atoms with van der Waals surface area (Å²) in [5, 5.41) is 0. The lowest BCUT2D eigenvalue weighted by Crippen LogP contribution is -1.87. The minimum absolute atomic E-state index is 0.214. The Morgan fingerprint density at radius 2 is 1.81 bits per heavy atom. The first kappa shape index (κ1) is 14.0. The van der Waals surface area contributed by atoms with Crippen LogP contribution in [0.2, 0.25) is 0 Å². The molecule has 1 aliphatic rings. The highest BCUT2D eigenvalue weighted by atomic mass is 32.2. The molecule has 0 amide bonds. The second-order valence-electron chi connectivity index (χ2n) is 5.14. The number of fused-ring (bicyclic) bond motifs is 1. The Kier molecular flexibility index (Phi) is 3.60. The maximum atomic E-state index is 13.3. The van der Waals surface area contributed by atoms with Gasteiger partial charge in [-0.3, -0.25) is 4.21 Å². The Balaban J connectivity index is 2.01. The first-order chi connectivity index (χ1) is 10.0. The van der Waals surface area contributed by atoms with Gasteiger partial charge in [-0.2, -0.15) is 0 Å². The van der Waals surface area contributed by atoms with Crippen molar-refractivity contribution >= 4 is 28.5 Å². The van der Waals surface area contributed by atoms with Crippen LogP contribution in [0.25, 0.3) is 17.7 Å². The molecule has 0 N–H and O–H groups in total. The van der Waals surface area contributed by atoms with Gasteiger partial charge in [-0.05, 0) is 65.1 Å². The van der Waals surface area contributed by atoms with Gasteiger partial charge in [-0.1, -0.05) is 24.3 Å². The highest BCUT2D eigenvalue weighted by Gasteiger charge is 2.16. The summed E-state index contributed by atoms with van der Waals surface area (Å²) in [6.45, 7) is 2.03. The second kappa shape index (κ2) is 5.41. The topological polar surface area (TPSA) is 17.1 Å². The second-order valence-corrected chi connectivity index (χ2v) is 6.52. The molecule has 1 atom stereocenters. The summed E-state index contributed by atoms with van der Waals surface area (Å²) in [5.74, 6) is -0.214. The third-order valence-electron chi connectivity index (χ3n) is 3.62. The van der Waals surface area contributed by atoms with Gasteiger partial charge in [-0.15, -0.1) is 0 Å². The van der Waals surface area contributed by atoms with Crippen LogP contribution >= 0.6 is 0 Å². The van der Waals surface area contributed by atoms with Crippen LogP contribution in [0.15, 0.2) is 52.9 Å². The molecule has 0 saturated carbocycles. The molecule has 0 radical (unpaired) electrons. The van der Waals surface area contributed by atoms with E-state index in [0.29, 0.717) is 0 Å². The van der Waals surface area contributed by atoms with Crippen molar-refractivity contribution < 1.29 is 8.60 Å². The normalized spacial score (nSPS) is 16.7. The Morgan fingerprint density at radius 3 is 2.48 bits per heavy atom. The fraction of sp³-hybridized carbons (Fsp3) is 0.111. The summed E-state index contributed by atoms with van der Waals surface area (Å²) >= 11 is 0. The maximum absolute atomic E-state index is 13.3. The lowest BCUT2D eigenvalue weighted by molar-refractivity contribution is 0.627. The molecule has 1 aliphatic carbocycles. The van der Waals surface area contributed by atoms with E-state index in [0.717, 1.165) is 32.7 Å². The van der Waals surface area contributed by atoms with E-state index in [1.165, 1.54) is 6.07 Å². The Morgan fingerprint density at radius 1 is 1.10 bits per heavy atom. The van der Waals surface area contributed by atoms with Gasteiger partial charge in [0.15, 0.2) is 0 Å². The third-order valence-corrected chi connectivity index (χ3v) is 4.56. The van der Waals surface area contributed by atoms with Gasteiger partial charge in [0.25, 0.3) is 0 Å². The quantitative estimate of drug-likeness (QED) is 0.796. The minimum atomic E-state index is -0.961. The molecule has 3 heteroatoms. The molecule has 0 fully saturated rings. The van der Waals surface area contributed by atoms with Gasteiger partial charge in [0, 0.05) is 22.0 Å². The minimum Gasteiger partial charge on any atom is -0.255 e. The van der Waals surface area contributed by atoms with Crippen molar-refractivity contribution in [2.24, 2.45) is 0 Å². The molecule has 21 heavy (non-hydrogen) atoms. The molecule has 2 aromatic carbocycles. The summed E-state index contributed by atoms with van der Waals surface area (Å²) in [7, 11) is -0.961. The van der Waals surface area contributed by atoms with E-state index in [2.05, 4.69) is 6.08 Å². The molecule has 0 bridgehead atoms. The van der Waals surface area contributed by atoms with Gasteiger partial charge in [0.1, 0.15) is 5.82 Å². The Labute approximate surface area is 126 Å². The zero-order valence-electron chi connectivity index (χ0n) is 11.9. The number of hydrogen-bond acceptors (Lipinski definition) is 1. The van der Waals surface area contributed by atoms with Crippen molar-refractivity contribution in [2.75, 3.05) is 6.26 Å². The van der Waals surface area contributed by atoms with Crippen LogP contribution < -0.4 is 0 Å². The van der Waals surface area contributed by atoms with Crippen molar-refractivity contribution in [3.63, 3.8) is 0 Å². The summed E-state index contributed by atoms with van der Waals surface area (Å²) in [6.07, 6.45) is 5.75. The van der Waals surface area contributed by atoms with Crippen LogP contribution in [0, 0.1) is 5.82 Å². The smallest absolute Gasteiger partial charge is 0.123 e. The number of benzene rings is 2. The lowest BCUT2D eigenvalue weighted by atomic mass is 10.0. The molecular formula is C18H15FOS. The van der Waals surface area contributed by atoms with Gasteiger partial charge in [-0.25, -0.2) is 4.39 Å². The summed E-state index contributed by atoms with van der Waals surface area (Å²) in [4.78, 5) is 0.818. The van der Waals surface area contributed by atoms with Crippen LogP contribution in [0.4, 0.5) is 4.39 Å². The van der Waals surface area contributed by atoms with Gasteiger partial charge >= 0.3 is 0 Å². The van der Waals surface area contributed by atoms with E-state index in [9.17, 15) is 8.60 Å². The first-order valence-corrected chi connectivity index (χ1v) is 8.24. The van der Waals surface area contributed by atoms with Crippen LogP contribution in [0.3, 0.4) is 0 Å². The number of rotatable bonds is 2. The zero-order valence-corrected chi connectivity index (χ0v) is 12.7. The number of hydrogen-bond donors (Lipinski definition) is 0. The Hall–Kier alpha value is -2.00. The zero-order chi connectivity index (χ0) is 15.0. The van der Waals surface area contributed by atoms with Crippen molar-refractivity contribution in [1.29, 1.82) is 0 Å². The van der Waals surface area contributed by atoms with E-state index >= 15 is 0 Å². The Bertz CT molecular complexity index is 785. The third kappa shape index (κ3) is 2.74. The standard InChI is InChI=1S/C18H15FOS/c1-12-9-14-11-15(19)5-8-17(14)18(12)10-13-3-6-16(7-4-13)21(2)20/h3-11H,1-2H3. The average molecular weight is 298 g/mol. The molecule has 0 aromatic heterocycles. The largest absolute Gasteiger partial charge is 0.255 e. The van der Waals surface area contributed by atoms with E-state index in [1.54, 1.807) is 12.3 Å². The molecule has 106 valence electrons. The highest BCUT2D eigenvalue weighted by Crippen LogP contribution is 2.36. The molecule has 2 aromatic rings. The van der Waals surface area contributed by atoms with E-state index in [1.807, 2.05) is 43.3 Å². The molecule has 0 spiro atoms. The van der Waals surface area contributed by atoms with Crippen LogP contribution in [0.1, 0.15) is 23.6 Å².